The normalized spacial score (nSPS) is 11.5. The molecule has 2 heterocycles. The van der Waals surface area contributed by atoms with E-state index in [4.69, 9.17) is 10.1 Å². The lowest BCUT2D eigenvalue weighted by atomic mass is 10.0. The van der Waals surface area contributed by atoms with E-state index in [1.807, 2.05) is 38.1 Å². The summed E-state index contributed by atoms with van der Waals surface area (Å²) < 4.78 is 5.60. The van der Waals surface area contributed by atoms with Crippen LogP contribution >= 0.6 is 11.3 Å². The van der Waals surface area contributed by atoms with Gasteiger partial charge in [0.1, 0.15) is 12.1 Å². The van der Waals surface area contributed by atoms with Crippen LogP contribution in [0.2, 0.25) is 0 Å². The van der Waals surface area contributed by atoms with Crippen molar-refractivity contribution in [3.63, 3.8) is 0 Å². The number of nitrogens with zero attached hydrogens (tertiary/aromatic N) is 2. The van der Waals surface area contributed by atoms with Crippen LogP contribution in [0.1, 0.15) is 75.7 Å². The quantitative estimate of drug-likeness (QED) is 0.118. The van der Waals surface area contributed by atoms with E-state index in [1.54, 1.807) is 31.4 Å². The van der Waals surface area contributed by atoms with Crippen LogP contribution in [0.3, 0.4) is 0 Å². The van der Waals surface area contributed by atoms with Crippen molar-refractivity contribution in [2.24, 2.45) is 0 Å². The Balaban J connectivity index is 1.66. The number of thiophene rings is 1. The summed E-state index contributed by atoms with van der Waals surface area (Å²) >= 11 is 1.29. The van der Waals surface area contributed by atoms with Crippen molar-refractivity contribution in [2.45, 2.75) is 65.5 Å². The van der Waals surface area contributed by atoms with Gasteiger partial charge in [-0.2, -0.15) is 0 Å². The van der Waals surface area contributed by atoms with E-state index in [1.165, 1.54) is 17.6 Å². The molecule has 2 amide bonds. The van der Waals surface area contributed by atoms with Gasteiger partial charge in [-0.25, -0.2) is 14.8 Å². The maximum absolute atomic E-state index is 13.3. The third kappa shape index (κ3) is 8.94. The molecule has 0 unspecified atom stereocenters. The van der Waals surface area contributed by atoms with Crippen LogP contribution in [-0.2, 0) is 16.0 Å². The van der Waals surface area contributed by atoms with Crippen molar-refractivity contribution in [3.8, 4) is 0 Å². The van der Waals surface area contributed by atoms with E-state index >= 15 is 0 Å². The van der Waals surface area contributed by atoms with Gasteiger partial charge in [0.2, 0.25) is 5.95 Å². The topological polar surface area (TPSA) is 146 Å². The molecule has 0 aliphatic carbocycles. The average Bonchev–Trinajstić information content (AvgIpc) is 3.51. The standard InChI is InChI=1S/C30H38N6O4S/c1-5-23(6-2)40-29(39)24(18-33-27(37)25-14-10-16-41-25)36-28(38)26-19(3)34-30(35-20(26)4)32-15-9-13-21-11-7-8-12-22(21)17-31/h7-8,10-12,14,16-17,23-24,31H,5-6,9,13,15,18H2,1-4H3,(H,33,37)(H,36,38)(H,32,34,35)/t24-/m0/s1. The predicted molar refractivity (Wildman–Crippen MR) is 161 cm³/mol. The highest BCUT2D eigenvalue weighted by Gasteiger charge is 2.28. The van der Waals surface area contributed by atoms with Gasteiger partial charge in [0.15, 0.2) is 0 Å². The first-order valence-corrected chi connectivity index (χ1v) is 14.7. The number of carbonyl (C=O) groups is 3. The van der Waals surface area contributed by atoms with Gasteiger partial charge in [-0.15, -0.1) is 11.3 Å². The van der Waals surface area contributed by atoms with Crippen LogP contribution in [0.25, 0.3) is 0 Å². The van der Waals surface area contributed by atoms with E-state index in [0.29, 0.717) is 41.6 Å². The number of aromatic nitrogens is 2. The number of aryl methyl sites for hydroxylation is 3. The Kier molecular flexibility index (Phi) is 12.0. The first kappa shape index (κ1) is 31.4. The van der Waals surface area contributed by atoms with Gasteiger partial charge in [-0.3, -0.25) is 9.59 Å². The van der Waals surface area contributed by atoms with Crippen molar-refractivity contribution in [2.75, 3.05) is 18.4 Å². The summed E-state index contributed by atoms with van der Waals surface area (Å²) in [4.78, 5) is 48.3. The molecule has 0 saturated carbocycles. The van der Waals surface area contributed by atoms with Crippen molar-refractivity contribution in [1.29, 1.82) is 5.41 Å². The highest BCUT2D eigenvalue weighted by molar-refractivity contribution is 7.12. The lowest BCUT2D eigenvalue weighted by molar-refractivity contribution is -0.151. The van der Waals surface area contributed by atoms with Gasteiger partial charge in [0.05, 0.1) is 21.8 Å². The zero-order chi connectivity index (χ0) is 29.8. The predicted octanol–water partition coefficient (Wildman–Crippen LogP) is 4.46. The number of anilines is 1. The molecule has 0 fully saturated rings. The SMILES string of the molecule is CCC(CC)OC(=O)[C@H](CNC(=O)c1cccs1)NC(=O)c1c(C)nc(NCCCc2ccccc2C=N)nc1C. The van der Waals surface area contributed by atoms with Gasteiger partial charge >= 0.3 is 5.97 Å². The Hall–Kier alpha value is -4.12. The molecule has 2 aromatic heterocycles. The molecule has 0 radical (unpaired) electrons. The Morgan fingerprint density at radius 1 is 1.02 bits per heavy atom. The minimum Gasteiger partial charge on any atom is -0.461 e. The fourth-order valence-electron chi connectivity index (χ4n) is 4.32. The van der Waals surface area contributed by atoms with Crippen LogP contribution in [0, 0.1) is 19.3 Å². The first-order chi connectivity index (χ1) is 19.8. The van der Waals surface area contributed by atoms with Crippen molar-refractivity contribution < 1.29 is 19.1 Å². The molecule has 1 aromatic carbocycles. The molecular weight excluding hydrogens is 540 g/mol. The minimum absolute atomic E-state index is 0.124. The Morgan fingerprint density at radius 3 is 2.37 bits per heavy atom. The van der Waals surface area contributed by atoms with Crippen LogP contribution in [0.15, 0.2) is 41.8 Å². The lowest BCUT2D eigenvalue weighted by Crippen LogP contribution is -2.50. The second kappa shape index (κ2) is 15.6. The van der Waals surface area contributed by atoms with E-state index in [9.17, 15) is 14.4 Å². The van der Waals surface area contributed by atoms with E-state index in [-0.39, 0.29) is 24.1 Å². The molecule has 10 nitrogen and oxygen atoms in total. The lowest BCUT2D eigenvalue weighted by Gasteiger charge is -2.22. The highest BCUT2D eigenvalue weighted by atomic mass is 32.1. The van der Waals surface area contributed by atoms with E-state index < -0.39 is 17.9 Å². The zero-order valence-electron chi connectivity index (χ0n) is 24.0. The van der Waals surface area contributed by atoms with Gasteiger partial charge in [0, 0.05) is 19.3 Å². The average molecular weight is 579 g/mol. The van der Waals surface area contributed by atoms with Crippen LogP contribution < -0.4 is 16.0 Å². The number of carbonyl (C=O) groups excluding carboxylic acids is 3. The third-order valence-electron chi connectivity index (χ3n) is 6.61. The van der Waals surface area contributed by atoms with Crippen LogP contribution in [-0.4, -0.2) is 59.2 Å². The van der Waals surface area contributed by atoms with Gasteiger partial charge in [-0.1, -0.05) is 44.2 Å². The largest absolute Gasteiger partial charge is 0.461 e. The number of benzene rings is 1. The molecular formula is C30H38N6O4S. The van der Waals surface area contributed by atoms with E-state index in [2.05, 4.69) is 25.9 Å². The first-order valence-electron chi connectivity index (χ1n) is 13.8. The molecule has 0 aliphatic rings. The van der Waals surface area contributed by atoms with Crippen LogP contribution in [0.4, 0.5) is 5.95 Å². The number of hydrogen-bond donors (Lipinski definition) is 4. The Bertz CT molecular complexity index is 1320. The fourth-order valence-corrected chi connectivity index (χ4v) is 4.96. The maximum atomic E-state index is 13.3. The fraction of sp³-hybridized carbons (Fsp3) is 0.400. The smallest absolute Gasteiger partial charge is 0.330 e. The number of hydrogen-bond acceptors (Lipinski definition) is 9. The molecule has 3 aromatic rings. The Morgan fingerprint density at radius 2 is 1.73 bits per heavy atom. The summed E-state index contributed by atoms with van der Waals surface area (Å²) in [5, 5.41) is 18.0. The zero-order valence-corrected chi connectivity index (χ0v) is 24.8. The molecule has 0 bridgehead atoms. The monoisotopic (exact) mass is 578 g/mol. The molecule has 11 heteroatoms. The summed E-state index contributed by atoms with van der Waals surface area (Å²) in [5.74, 6) is -1.06. The Labute approximate surface area is 244 Å². The van der Waals surface area contributed by atoms with Crippen LogP contribution in [0.5, 0.6) is 0 Å². The summed E-state index contributed by atoms with van der Waals surface area (Å²) in [6.07, 6.45) is 3.96. The maximum Gasteiger partial charge on any atom is 0.330 e. The number of nitrogens with one attached hydrogen (secondary N) is 4. The summed E-state index contributed by atoms with van der Waals surface area (Å²) in [6.45, 7) is 7.76. The second-order valence-electron chi connectivity index (χ2n) is 9.56. The van der Waals surface area contributed by atoms with Crippen molar-refractivity contribution >= 4 is 41.3 Å². The number of amides is 2. The third-order valence-corrected chi connectivity index (χ3v) is 7.48. The van der Waals surface area contributed by atoms with Crippen molar-refractivity contribution in [3.05, 3.63) is 74.7 Å². The molecule has 0 saturated heterocycles. The summed E-state index contributed by atoms with van der Waals surface area (Å²) in [6, 6.07) is 10.2. The molecule has 0 aliphatic heterocycles. The number of ether oxygens (including phenoxy) is 1. The van der Waals surface area contributed by atoms with Gasteiger partial charge < -0.3 is 26.1 Å². The second-order valence-corrected chi connectivity index (χ2v) is 10.5. The molecule has 218 valence electrons. The van der Waals surface area contributed by atoms with E-state index in [0.717, 1.165) is 24.0 Å². The highest BCUT2D eigenvalue weighted by Crippen LogP contribution is 2.15. The van der Waals surface area contributed by atoms with Gasteiger partial charge in [-0.05, 0) is 62.1 Å². The molecule has 0 spiro atoms. The minimum atomic E-state index is -1.09. The molecule has 4 N–H and O–H groups in total. The molecule has 1 atom stereocenters. The molecule has 3 rings (SSSR count). The summed E-state index contributed by atoms with van der Waals surface area (Å²) in [5.41, 5.74) is 3.19. The van der Waals surface area contributed by atoms with Gasteiger partial charge in [0.25, 0.3) is 11.8 Å². The number of esters is 1. The van der Waals surface area contributed by atoms with Crippen molar-refractivity contribution in [1.82, 2.24) is 20.6 Å². The molecule has 41 heavy (non-hydrogen) atoms. The number of rotatable bonds is 15. The summed E-state index contributed by atoms with van der Waals surface area (Å²) in [7, 11) is 0.